The molecular weight excluding hydrogens is 402 g/mol. The van der Waals surface area contributed by atoms with Gasteiger partial charge in [-0.3, -0.25) is 4.90 Å². The highest BCUT2D eigenvalue weighted by Gasteiger charge is 2.30. The van der Waals surface area contributed by atoms with E-state index in [1.54, 1.807) is 20.4 Å². The molecule has 3 aromatic heterocycles. The van der Waals surface area contributed by atoms with E-state index in [1.165, 1.54) is 17.7 Å². The van der Waals surface area contributed by atoms with Gasteiger partial charge in [-0.05, 0) is 13.0 Å². The van der Waals surface area contributed by atoms with Crippen molar-refractivity contribution in [1.29, 1.82) is 0 Å². The van der Waals surface area contributed by atoms with E-state index in [1.807, 2.05) is 12.1 Å². The van der Waals surface area contributed by atoms with Crippen molar-refractivity contribution in [3.05, 3.63) is 42.1 Å². The van der Waals surface area contributed by atoms with Crippen molar-refractivity contribution in [1.82, 2.24) is 34.6 Å². The highest BCUT2D eigenvalue weighted by molar-refractivity contribution is 7.21. The van der Waals surface area contributed by atoms with Gasteiger partial charge < -0.3 is 14.0 Å². The van der Waals surface area contributed by atoms with Crippen molar-refractivity contribution in [3.8, 4) is 22.3 Å². The summed E-state index contributed by atoms with van der Waals surface area (Å²) in [5, 5.41) is 9.77. The van der Waals surface area contributed by atoms with Gasteiger partial charge in [-0.15, -0.1) is 10.2 Å². The monoisotopic (exact) mass is 423 g/mol. The number of aromatic nitrogens is 6. The molecule has 0 fully saturated rings. The fourth-order valence-electron chi connectivity index (χ4n) is 3.79. The summed E-state index contributed by atoms with van der Waals surface area (Å²) in [5.41, 5.74) is 1.90. The molecular formula is C20H21N7O2S. The standard InChI is InChI=1S/C20H21N7O2S/c1-12-17-24-25-18(20-23-15-9-21-11-22-19(15)30-20)27(17)7-6-26(12)10-13-4-5-14(28-2)8-16(13)29-3/h4-5,8-9,11-12H,6-7,10H2,1-3H3/t12-/m1/s1. The number of hydrogen-bond donors (Lipinski definition) is 0. The lowest BCUT2D eigenvalue weighted by Crippen LogP contribution is -2.36. The molecule has 5 rings (SSSR count). The fraction of sp³-hybridized carbons (Fsp3) is 0.350. The topological polar surface area (TPSA) is 91.1 Å². The Morgan fingerprint density at radius 1 is 1.17 bits per heavy atom. The van der Waals surface area contributed by atoms with Gasteiger partial charge in [-0.1, -0.05) is 17.4 Å². The number of rotatable bonds is 5. The van der Waals surface area contributed by atoms with Crippen LogP contribution in [0.15, 0.2) is 30.7 Å². The molecule has 4 aromatic rings. The van der Waals surface area contributed by atoms with Crippen LogP contribution in [0.5, 0.6) is 11.5 Å². The first-order chi connectivity index (χ1) is 14.7. The van der Waals surface area contributed by atoms with Crippen molar-refractivity contribution in [3.63, 3.8) is 0 Å². The van der Waals surface area contributed by atoms with Gasteiger partial charge in [0, 0.05) is 31.3 Å². The van der Waals surface area contributed by atoms with E-state index in [2.05, 4.69) is 47.6 Å². The minimum atomic E-state index is 0.112. The Balaban J connectivity index is 1.42. The van der Waals surface area contributed by atoms with E-state index in [0.29, 0.717) is 0 Å². The molecule has 1 aliphatic heterocycles. The summed E-state index contributed by atoms with van der Waals surface area (Å²) in [4.78, 5) is 16.2. The van der Waals surface area contributed by atoms with E-state index in [9.17, 15) is 0 Å². The van der Waals surface area contributed by atoms with E-state index in [4.69, 9.17) is 9.47 Å². The predicted octanol–water partition coefficient (Wildman–Crippen LogP) is 2.94. The van der Waals surface area contributed by atoms with Crippen LogP contribution in [-0.4, -0.2) is 55.4 Å². The molecule has 0 bridgehead atoms. The maximum atomic E-state index is 5.57. The summed E-state index contributed by atoms with van der Waals surface area (Å²) in [6.07, 6.45) is 3.26. The highest BCUT2D eigenvalue weighted by atomic mass is 32.1. The second kappa shape index (κ2) is 7.62. The number of benzene rings is 1. The van der Waals surface area contributed by atoms with Crippen LogP contribution < -0.4 is 9.47 Å². The lowest BCUT2D eigenvalue weighted by Gasteiger charge is -2.33. The molecule has 0 aliphatic carbocycles. The van der Waals surface area contributed by atoms with Crippen LogP contribution in [0.3, 0.4) is 0 Å². The Morgan fingerprint density at radius 2 is 2.07 bits per heavy atom. The largest absolute Gasteiger partial charge is 0.497 e. The molecule has 0 saturated carbocycles. The van der Waals surface area contributed by atoms with E-state index in [-0.39, 0.29) is 6.04 Å². The number of ether oxygens (including phenoxy) is 2. The molecule has 0 radical (unpaired) electrons. The Kier molecular flexibility index (Phi) is 4.80. The van der Waals surface area contributed by atoms with Gasteiger partial charge in [0.15, 0.2) is 16.7 Å². The molecule has 1 atom stereocenters. The first-order valence-corrected chi connectivity index (χ1v) is 10.4. The molecule has 0 N–H and O–H groups in total. The normalized spacial score (nSPS) is 16.6. The number of methoxy groups -OCH3 is 2. The molecule has 154 valence electrons. The fourth-order valence-corrected chi connectivity index (χ4v) is 4.66. The maximum absolute atomic E-state index is 5.57. The average Bonchev–Trinajstić information content (AvgIpc) is 3.40. The first kappa shape index (κ1) is 18.9. The molecule has 0 unspecified atom stereocenters. The van der Waals surface area contributed by atoms with Gasteiger partial charge in [0.25, 0.3) is 0 Å². The predicted molar refractivity (Wildman–Crippen MR) is 113 cm³/mol. The zero-order valence-corrected chi connectivity index (χ0v) is 17.8. The SMILES string of the molecule is COc1ccc(CN2CCn3c(-c4nc5cncnc5s4)nnc3[C@H]2C)c(OC)c1. The Bertz CT molecular complexity index is 1170. The van der Waals surface area contributed by atoms with Crippen molar-refractivity contribution in [2.24, 2.45) is 0 Å². The van der Waals surface area contributed by atoms with Crippen molar-refractivity contribution in [2.75, 3.05) is 20.8 Å². The summed E-state index contributed by atoms with van der Waals surface area (Å²) in [7, 11) is 3.34. The molecule has 10 heteroatoms. The summed E-state index contributed by atoms with van der Waals surface area (Å²) in [5.74, 6) is 3.34. The van der Waals surface area contributed by atoms with Crippen LogP contribution in [0.1, 0.15) is 24.4 Å². The van der Waals surface area contributed by atoms with Gasteiger partial charge >= 0.3 is 0 Å². The zero-order chi connectivity index (χ0) is 20.7. The van der Waals surface area contributed by atoms with E-state index < -0.39 is 0 Å². The molecule has 1 aliphatic rings. The van der Waals surface area contributed by atoms with Gasteiger partial charge in [0.2, 0.25) is 0 Å². The molecule has 4 heterocycles. The van der Waals surface area contributed by atoms with Gasteiger partial charge in [-0.2, -0.15) is 0 Å². The van der Waals surface area contributed by atoms with Crippen LogP contribution in [0.4, 0.5) is 0 Å². The lowest BCUT2D eigenvalue weighted by atomic mass is 10.1. The van der Waals surface area contributed by atoms with Crippen molar-refractivity contribution >= 4 is 21.7 Å². The van der Waals surface area contributed by atoms with Crippen LogP contribution in [0.25, 0.3) is 21.2 Å². The third kappa shape index (κ3) is 3.17. The lowest BCUT2D eigenvalue weighted by molar-refractivity contribution is 0.155. The molecule has 0 spiro atoms. The summed E-state index contributed by atoms with van der Waals surface area (Å²) in [6.45, 7) is 4.58. The minimum absolute atomic E-state index is 0.112. The molecule has 0 amide bonds. The number of hydrogen-bond acceptors (Lipinski definition) is 9. The Morgan fingerprint density at radius 3 is 2.87 bits per heavy atom. The Hall–Kier alpha value is -3.11. The molecule has 9 nitrogen and oxygen atoms in total. The second-order valence-electron chi connectivity index (χ2n) is 7.09. The maximum Gasteiger partial charge on any atom is 0.193 e. The van der Waals surface area contributed by atoms with Crippen molar-refractivity contribution in [2.45, 2.75) is 26.1 Å². The van der Waals surface area contributed by atoms with Crippen LogP contribution in [-0.2, 0) is 13.1 Å². The molecule has 0 saturated heterocycles. The van der Waals surface area contributed by atoms with Crippen LogP contribution >= 0.6 is 11.3 Å². The summed E-state index contributed by atoms with van der Waals surface area (Å²) >= 11 is 1.51. The van der Waals surface area contributed by atoms with Crippen LogP contribution in [0, 0.1) is 0 Å². The summed E-state index contributed by atoms with van der Waals surface area (Å²) in [6, 6.07) is 6.04. The van der Waals surface area contributed by atoms with E-state index >= 15 is 0 Å². The van der Waals surface area contributed by atoms with Gasteiger partial charge in [-0.25, -0.2) is 15.0 Å². The number of nitrogens with zero attached hydrogens (tertiary/aromatic N) is 7. The molecule has 1 aromatic carbocycles. The highest BCUT2D eigenvalue weighted by Crippen LogP contribution is 2.34. The second-order valence-corrected chi connectivity index (χ2v) is 8.07. The first-order valence-electron chi connectivity index (χ1n) is 9.63. The third-order valence-electron chi connectivity index (χ3n) is 5.44. The minimum Gasteiger partial charge on any atom is -0.497 e. The molecule has 30 heavy (non-hydrogen) atoms. The third-order valence-corrected chi connectivity index (χ3v) is 6.42. The smallest absolute Gasteiger partial charge is 0.193 e. The quantitative estimate of drug-likeness (QED) is 0.484. The van der Waals surface area contributed by atoms with Gasteiger partial charge in [0.1, 0.15) is 28.2 Å². The zero-order valence-electron chi connectivity index (χ0n) is 16.9. The number of fused-ring (bicyclic) bond motifs is 2. The Labute approximate surface area is 177 Å². The van der Waals surface area contributed by atoms with Gasteiger partial charge in [0.05, 0.1) is 26.5 Å². The van der Waals surface area contributed by atoms with E-state index in [0.717, 1.165) is 63.7 Å². The van der Waals surface area contributed by atoms with Crippen LogP contribution in [0.2, 0.25) is 0 Å². The summed E-state index contributed by atoms with van der Waals surface area (Å²) < 4.78 is 13.0. The van der Waals surface area contributed by atoms with Crippen molar-refractivity contribution < 1.29 is 9.47 Å². The average molecular weight is 424 g/mol. The number of thiazole rings is 1.